The average Bonchev–Trinajstić information content (AvgIpc) is 3.28. The summed E-state index contributed by atoms with van der Waals surface area (Å²) in [6.07, 6.45) is 3.97. The highest BCUT2D eigenvalue weighted by Gasteiger charge is 2.52. The SMILES string of the molecule is CCOC(=O)C1(Nc2cnn3ccc(N4C[C@@H](F)C[C@@H]4c4cccc(F)c4)nc23)CC1. The molecule has 1 saturated heterocycles. The number of carbonyl (C=O) groups excluding carboxylic acids is 1. The van der Waals surface area contributed by atoms with Crippen molar-refractivity contribution in [2.45, 2.75) is 43.9 Å². The van der Waals surface area contributed by atoms with Crippen LogP contribution in [-0.2, 0) is 9.53 Å². The lowest BCUT2D eigenvalue weighted by Gasteiger charge is -2.26. The second-order valence-electron chi connectivity index (χ2n) is 8.10. The summed E-state index contributed by atoms with van der Waals surface area (Å²) in [5, 5.41) is 7.56. The molecule has 2 aromatic heterocycles. The quantitative estimate of drug-likeness (QED) is 0.606. The van der Waals surface area contributed by atoms with E-state index in [0.29, 0.717) is 42.2 Å². The number of fused-ring (bicyclic) bond motifs is 1. The maximum atomic E-state index is 14.4. The molecule has 5 rings (SSSR count). The standard InChI is InChI=1S/C22H23F2N5O2/c1-2-31-21(30)22(7-8-22)27-17-12-25-29-9-6-19(26-20(17)29)28-13-16(24)11-18(28)14-4-3-5-15(23)10-14/h3-6,9-10,12,16,18,27H,2,7-8,11,13H2,1H3/t16-,18+/m0/s1. The van der Waals surface area contributed by atoms with Crippen LogP contribution in [-0.4, -0.2) is 45.4 Å². The molecule has 3 heterocycles. The van der Waals surface area contributed by atoms with Gasteiger partial charge in [0.25, 0.3) is 0 Å². The zero-order chi connectivity index (χ0) is 21.6. The van der Waals surface area contributed by atoms with E-state index in [4.69, 9.17) is 9.72 Å². The van der Waals surface area contributed by atoms with Crippen molar-refractivity contribution < 1.29 is 18.3 Å². The van der Waals surface area contributed by atoms with Crippen molar-refractivity contribution in [3.63, 3.8) is 0 Å². The van der Waals surface area contributed by atoms with E-state index in [-0.39, 0.29) is 30.8 Å². The van der Waals surface area contributed by atoms with Gasteiger partial charge in [0, 0.05) is 12.6 Å². The van der Waals surface area contributed by atoms with Crippen LogP contribution in [0.1, 0.15) is 37.8 Å². The fourth-order valence-electron chi connectivity index (χ4n) is 4.21. The predicted molar refractivity (Wildman–Crippen MR) is 111 cm³/mol. The van der Waals surface area contributed by atoms with Crippen molar-refractivity contribution in [1.29, 1.82) is 0 Å². The summed E-state index contributed by atoms with van der Waals surface area (Å²) in [5.41, 5.74) is 1.13. The molecule has 0 spiro atoms. The van der Waals surface area contributed by atoms with E-state index in [1.807, 2.05) is 4.90 Å². The zero-order valence-corrected chi connectivity index (χ0v) is 17.1. The summed E-state index contributed by atoms with van der Waals surface area (Å²) in [6.45, 7) is 2.27. The molecule has 3 aromatic rings. The smallest absolute Gasteiger partial charge is 0.331 e. The van der Waals surface area contributed by atoms with Crippen molar-refractivity contribution >= 4 is 23.1 Å². The number of aromatic nitrogens is 3. The number of halogens is 2. The molecule has 9 heteroatoms. The van der Waals surface area contributed by atoms with E-state index in [1.54, 1.807) is 42.0 Å². The van der Waals surface area contributed by atoms with Gasteiger partial charge in [-0.25, -0.2) is 23.1 Å². The summed E-state index contributed by atoms with van der Waals surface area (Å²) in [7, 11) is 0. The Labute approximate surface area is 178 Å². The Morgan fingerprint density at radius 2 is 2.19 bits per heavy atom. The molecule has 31 heavy (non-hydrogen) atoms. The van der Waals surface area contributed by atoms with Crippen LogP contribution < -0.4 is 10.2 Å². The molecule has 2 fully saturated rings. The largest absolute Gasteiger partial charge is 0.464 e. The summed E-state index contributed by atoms with van der Waals surface area (Å²) in [4.78, 5) is 18.9. The van der Waals surface area contributed by atoms with Crippen molar-refractivity contribution in [3.8, 4) is 0 Å². The van der Waals surface area contributed by atoms with Gasteiger partial charge in [-0.2, -0.15) is 5.10 Å². The van der Waals surface area contributed by atoms with Gasteiger partial charge in [-0.05, 0) is 43.5 Å². The molecule has 2 aliphatic rings. The fraction of sp³-hybridized carbons (Fsp3) is 0.409. The zero-order valence-electron chi connectivity index (χ0n) is 17.1. The van der Waals surface area contributed by atoms with Gasteiger partial charge in [0.15, 0.2) is 5.65 Å². The van der Waals surface area contributed by atoms with Crippen molar-refractivity contribution in [2.24, 2.45) is 0 Å². The van der Waals surface area contributed by atoms with Crippen molar-refractivity contribution in [1.82, 2.24) is 14.6 Å². The third-order valence-electron chi connectivity index (χ3n) is 5.92. The highest BCUT2D eigenvalue weighted by atomic mass is 19.1. The molecular formula is C22H23F2N5O2. The summed E-state index contributed by atoms with van der Waals surface area (Å²) >= 11 is 0. The molecule has 0 radical (unpaired) electrons. The van der Waals surface area contributed by atoms with Crippen LogP contribution in [0.2, 0.25) is 0 Å². The normalized spacial score (nSPS) is 22.0. The van der Waals surface area contributed by atoms with Gasteiger partial charge in [0.2, 0.25) is 0 Å². The Balaban J connectivity index is 1.47. The number of ether oxygens (including phenoxy) is 1. The van der Waals surface area contributed by atoms with E-state index >= 15 is 0 Å². The maximum absolute atomic E-state index is 14.4. The highest BCUT2D eigenvalue weighted by Crippen LogP contribution is 2.41. The Bertz CT molecular complexity index is 1130. The second kappa shape index (κ2) is 7.47. The van der Waals surface area contributed by atoms with E-state index < -0.39 is 11.7 Å². The van der Waals surface area contributed by atoms with Crippen molar-refractivity contribution in [3.05, 3.63) is 54.1 Å². The fourth-order valence-corrected chi connectivity index (χ4v) is 4.21. The highest BCUT2D eigenvalue weighted by molar-refractivity contribution is 5.89. The third kappa shape index (κ3) is 3.58. The molecule has 162 valence electrons. The number of carbonyl (C=O) groups is 1. The van der Waals surface area contributed by atoms with Crippen LogP contribution in [0.3, 0.4) is 0 Å². The molecule has 1 saturated carbocycles. The Morgan fingerprint density at radius 1 is 1.35 bits per heavy atom. The Hall–Kier alpha value is -3.23. The third-order valence-corrected chi connectivity index (χ3v) is 5.92. The second-order valence-corrected chi connectivity index (χ2v) is 8.10. The van der Waals surface area contributed by atoms with Gasteiger partial charge in [-0.3, -0.25) is 0 Å². The van der Waals surface area contributed by atoms with Gasteiger partial charge in [-0.15, -0.1) is 0 Å². The first-order chi connectivity index (χ1) is 15.0. The molecule has 0 unspecified atom stereocenters. The number of benzene rings is 1. The molecule has 1 aliphatic heterocycles. The van der Waals surface area contributed by atoms with Crippen LogP contribution in [0.15, 0.2) is 42.7 Å². The van der Waals surface area contributed by atoms with Crippen LogP contribution in [0.4, 0.5) is 20.3 Å². The van der Waals surface area contributed by atoms with E-state index in [9.17, 15) is 13.6 Å². The first-order valence-electron chi connectivity index (χ1n) is 10.4. The van der Waals surface area contributed by atoms with Gasteiger partial charge >= 0.3 is 5.97 Å². The summed E-state index contributed by atoms with van der Waals surface area (Å²) < 4.78 is 34.9. The predicted octanol–water partition coefficient (Wildman–Crippen LogP) is 3.67. The van der Waals surface area contributed by atoms with Gasteiger partial charge < -0.3 is 15.0 Å². The minimum absolute atomic E-state index is 0.175. The minimum Gasteiger partial charge on any atom is -0.464 e. The molecule has 2 atom stereocenters. The molecule has 1 N–H and O–H groups in total. The van der Waals surface area contributed by atoms with Crippen LogP contribution in [0.5, 0.6) is 0 Å². The van der Waals surface area contributed by atoms with Crippen molar-refractivity contribution in [2.75, 3.05) is 23.4 Å². The number of esters is 1. The van der Waals surface area contributed by atoms with Crippen LogP contribution in [0, 0.1) is 5.82 Å². The Kier molecular flexibility index (Phi) is 4.75. The van der Waals surface area contributed by atoms with Gasteiger partial charge in [0.1, 0.15) is 29.0 Å². The number of nitrogens with zero attached hydrogens (tertiary/aromatic N) is 4. The number of anilines is 2. The van der Waals surface area contributed by atoms with Gasteiger partial charge in [0.05, 0.1) is 25.4 Å². The lowest BCUT2D eigenvalue weighted by Crippen LogP contribution is -2.33. The molecular weight excluding hydrogens is 404 g/mol. The van der Waals surface area contributed by atoms with E-state index in [0.717, 1.165) is 0 Å². The van der Waals surface area contributed by atoms with E-state index in [2.05, 4.69) is 10.4 Å². The summed E-state index contributed by atoms with van der Waals surface area (Å²) in [6, 6.07) is 7.71. The molecule has 1 aromatic carbocycles. The number of nitrogens with one attached hydrogen (secondary N) is 1. The Morgan fingerprint density at radius 3 is 2.94 bits per heavy atom. The molecule has 1 aliphatic carbocycles. The number of alkyl halides is 1. The first-order valence-corrected chi connectivity index (χ1v) is 10.4. The van der Waals surface area contributed by atoms with Crippen LogP contribution >= 0.6 is 0 Å². The topological polar surface area (TPSA) is 71.8 Å². The number of hydrogen-bond acceptors (Lipinski definition) is 6. The molecule has 0 bridgehead atoms. The number of rotatable bonds is 6. The van der Waals surface area contributed by atoms with E-state index in [1.165, 1.54) is 12.1 Å². The van der Waals surface area contributed by atoms with Crippen LogP contribution in [0.25, 0.3) is 5.65 Å². The lowest BCUT2D eigenvalue weighted by molar-refractivity contribution is -0.145. The van der Waals surface area contributed by atoms with Gasteiger partial charge in [-0.1, -0.05) is 12.1 Å². The average molecular weight is 427 g/mol. The summed E-state index contributed by atoms with van der Waals surface area (Å²) in [5.74, 6) is -0.0536. The number of hydrogen-bond donors (Lipinski definition) is 1. The maximum Gasteiger partial charge on any atom is 0.331 e. The molecule has 0 amide bonds. The minimum atomic E-state index is -1.03. The monoisotopic (exact) mass is 427 g/mol. The first kappa shape index (κ1) is 19.7. The molecule has 7 nitrogen and oxygen atoms in total. The lowest BCUT2D eigenvalue weighted by atomic mass is 10.0.